The minimum atomic E-state index is -1.29. The van der Waals surface area contributed by atoms with Gasteiger partial charge in [0.2, 0.25) is 11.8 Å². The van der Waals surface area contributed by atoms with Crippen LogP contribution in [0.1, 0.15) is 18.5 Å². The Morgan fingerprint density at radius 2 is 1.81 bits per heavy atom. The molecular weight excluding hydrogens is 422 g/mol. The highest BCUT2D eigenvalue weighted by Gasteiger charge is 2.47. The molecule has 1 unspecified atom stereocenters. The topological polar surface area (TPSA) is 154 Å². The summed E-state index contributed by atoms with van der Waals surface area (Å²) in [7, 11) is 1.15. The molecule has 32 heavy (non-hydrogen) atoms. The fourth-order valence-electron chi connectivity index (χ4n) is 3.41. The van der Waals surface area contributed by atoms with Gasteiger partial charge in [-0.05, 0) is 12.5 Å². The van der Waals surface area contributed by atoms with E-state index in [1.165, 1.54) is 4.90 Å². The zero-order valence-corrected chi connectivity index (χ0v) is 17.5. The van der Waals surface area contributed by atoms with Crippen molar-refractivity contribution < 1.29 is 33.5 Å². The summed E-state index contributed by atoms with van der Waals surface area (Å²) >= 11 is 0. The van der Waals surface area contributed by atoms with Gasteiger partial charge >= 0.3 is 23.8 Å². The molecule has 0 radical (unpaired) electrons. The summed E-state index contributed by atoms with van der Waals surface area (Å²) in [4.78, 5) is 75.8. The molecule has 0 bridgehead atoms. The second-order valence-electron chi connectivity index (χ2n) is 7.13. The van der Waals surface area contributed by atoms with E-state index in [0.29, 0.717) is 12.1 Å². The monoisotopic (exact) mass is 445 g/mol. The van der Waals surface area contributed by atoms with Crippen LogP contribution >= 0.6 is 0 Å². The normalized spacial score (nSPS) is 21.2. The van der Waals surface area contributed by atoms with E-state index in [1.54, 1.807) is 37.3 Å². The van der Waals surface area contributed by atoms with E-state index >= 15 is 0 Å². The zero-order valence-electron chi connectivity index (χ0n) is 17.5. The first kappa shape index (κ1) is 22.7. The van der Waals surface area contributed by atoms with Crippen molar-refractivity contribution in [3.05, 3.63) is 35.9 Å². The lowest BCUT2D eigenvalue weighted by atomic mass is 9.97. The lowest BCUT2D eigenvalue weighted by molar-refractivity contribution is -0.154. The van der Waals surface area contributed by atoms with Crippen LogP contribution < -0.4 is 16.0 Å². The van der Waals surface area contributed by atoms with E-state index in [4.69, 9.17) is 0 Å². The number of methoxy groups -OCH3 is 1. The molecule has 6 amide bonds. The fourth-order valence-corrected chi connectivity index (χ4v) is 3.41. The van der Waals surface area contributed by atoms with Crippen LogP contribution in [0.2, 0.25) is 0 Å². The van der Waals surface area contributed by atoms with E-state index in [1.807, 2.05) is 0 Å². The molecule has 2 aliphatic rings. The van der Waals surface area contributed by atoms with E-state index in [0.717, 1.165) is 12.0 Å². The third-order valence-corrected chi connectivity index (χ3v) is 5.27. The van der Waals surface area contributed by atoms with E-state index in [-0.39, 0.29) is 13.1 Å². The van der Waals surface area contributed by atoms with Gasteiger partial charge in [0.1, 0.15) is 12.1 Å². The fraction of sp³-hybridized carbons (Fsp3) is 0.400. The molecule has 12 heteroatoms. The maximum atomic E-state index is 13.0. The SMILES string of the molecule is CCN1CCN(C(=O)NC(C(=O)N[C@H]2C(=O)N[C@H]2C(=O)OC)c2ccccc2)C(=O)C1=O. The summed E-state index contributed by atoms with van der Waals surface area (Å²) in [6, 6.07) is 3.70. The van der Waals surface area contributed by atoms with Crippen molar-refractivity contribution in [2.75, 3.05) is 26.7 Å². The highest BCUT2D eigenvalue weighted by atomic mass is 16.5. The number of carbonyl (C=O) groups is 6. The third-order valence-electron chi connectivity index (χ3n) is 5.27. The summed E-state index contributed by atoms with van der Waals surface area (Å²) in [5, 5.41) is 7.21. The number of nitrogens with zero attached hydrogens (tertiary/aromatic N) is 2. The van der Waals surface area contributed by atoms with Crippen LogP contribution in [0.5, 0.6) is 0 Å². The summed E-state index contributed by atoms with van der Waals surface area (Å²) in [5.41, 5.74) is 0.374. The third kappa shape index (κ3) is 4.38. The number of likely N-dealkylation sites (N-methyl/N-ethyl adjacent to an activating group) is 1. The quantitative estimate of drug-likeness (QED) is 0.267. The Hall–Kier alpha value is -3.96. The van der Waals surface area contributed by atoms with Crippen molar-refractivity contribution in [1.82, 2.24) is 25.8 Å². The highest BCUT2D eigenvalue weighted by molar-refractivity contribution is 6.38. The van der Waals surface area contributed by atoms with Crippen LogP contribution in [0.15, 0.2) is 30.3 Å². The minimum absolute atomic E-state index is 0.0250. The van der Waals surface area contributed by atoms with Gasteiger partial charge in [-0.3, -0.25) is 24.1 Å². The standard InChI is InChI=1S/C20H23N5O7/c1-3-24-9-10-25(18(29)17(24)28)20(31)23-12(11-7-5-4-6-8-11)15(26)21-13-14(19(30)32-2)22-16(13)27/h4-8,12-14H,3,9-10H2,1-2H3,(H,21,26)(H,22,27)(H,23,31)/t12?,13-,14-/m1/s1. The van der Waals surface area contributed by atoms with Crippen LogP contribution in [-0.2, 0) is 28.7 Å². The number of amides is 6. The Bertz CT molecular complexity index is 951. The maximum absolute atomic E-state index is 13.0. The molecule has 12 nitrogen and oxygen atoms in total. The van der Waals surface area contributed by atoms with Crippen LogP contribution in [0.3, 0.4) is 0 Å². The molecule has 0 aliphatic carbocycles. The maximum Gasteiger partial charge on any atom is 0.331 e. The molecule has 3 rings (SSSR count). The van der Waals surface area contributed by atoms with E-state index < -0.39 is 53.8 Å². The van der Waals surface area contributed by atoms with Gasteiger partial charge in [-0.15, -0.1) is 0 Å². The summed E-state index contributed by atoms with van der Waals surface area (Å²) in [6.07, 6.45) is 0. The van der Waals surface area contributed by atoms with Gasteiger partial charge in [-0.25, -0.2) is 9.59 Å². The number of urea groups is 1. The zero-order chi connectivity index (χ0) is 23.4. The van der Waals surface area contributed by atoms with Crippen LogP contribution in [0.25, 0.3) is 0 Å². The van der Waals surface area contributed by atoms with E-state index in [2.05, 4.69) is 20.7 Å². The molecule has 1 aromatic rings. The van der Waals surface area contributed by atoms with Crippen molar-refractivity contribution in [3.8, 4) is 0 Å². The molecule has 0 saturated carbocycles. The lowest BCUT2D eigenvalue weighted by Crippen LogP contribution is -2.72. The minimum Gasteiger partial charge on any atom is -0.467 e. The van der Waals surface area contributed by atoms with Gasteiger partial charge in [-0.2, -0.15) is 0 Å². The highest BCUT2D eigenvalue weighted by Crippen LogP contribution is 2.17. The molecule has 2 aliphatic heterocycles. The Morgan fingerprint density at radius 3 is 2.41 bits per heavy atom. The summed E-state index contributed by atoms with van der Waals surface area (Å²) in [6.45, 7) is 2.21. The first-order valence-corrected chi connectivity index (χ1v) is 9.93. The number of hydrogen-bond acceptors (Lipinski definition) is 7. The molecule has 3 atom stereocenters. The average molecular weight is 445 g/mol. The predicted octanol–water partition coefficient (Wildman–Crippen LogP) is -1.72. The number of piperazine rings is 1. The van der Waals surface area contributed by atoms with Crippen LogP contribution in [0.4, 0.5) is 4.79 Å². The number of benzene rings is 1. The number of β-lactam (4-membered cyclic amide) rings is 1. The Balaban J connectivity index is 1.77. The molecule has 0 spiro atoms. The molecule has 2 heterocycles. The molecule has 2 fully saturated rings. The first-order chi connectivity index (χ1) is 15.3. The second kappa shape index (κ2) is 9.45. The van der Waals surface area contributed by atoms with Gasteiger partial charge < -0.3 is 25.6 Å². The van der Waals surface area contributed by atoms with Gasteiger partial charge in [0.05, 0.1) is 7.11 Å². The number of hydrogen-bond donors (Lipinski definition) is 3. The van der Waals surface area contributed by atoms with Gasteiger partial charge in [0, 0.05) is 19.6 Å². The average Bonchev–Trinajstić information content (AvgIpc) is 2.80. The van der Waals surface area contributed by atoms with Crippen molar-refractivity contribution >= 4 is 35.6 Å². The first-order valence-electron chi connectivity index (χ1n) is 9.93. The predicted molar refractivity (Wildman–Crippen MR) is 108 cm³/mol. The second-order valence-corrected chi connectivity index (χ2v) is 7.13. The van der Waals surface area contributed by atoms with Crippen LogP contribution in [0, 0.1) is 0 Å². The molecule has 3 N–H and O–H groups in total. The Labute approximate surface area is 183 Å². The number of nitrogens with one attached hydrogen (secondary N) is 3. The summed E-state index contributed by atoms with van der Waals surface area (Å²) < 4.78 is 4.59. The lowest BCUT2D eigenvalue weighted by Gasteiger charge is -2.36. The van der Waals surface area contributed by atoms with E-state index in [9.17, 15) is 28.8 Å². The number of esters is 1. The molecule has 170 valence electrons. The van der Waals surface area contributed by atoms with Crippen molar-refractivity contribution in [2.45, 2.75) is 25.0 Å². The number of rotatable bonds is 6. The number of ether oxygens (including phenoxy) is 1. The number of carbonyl (C=O) groups excluding carboxylic acids is 6. The van der Waals surface area contributed by atoms with Gasteiger partial charge in [0.15, 0.2) is 6.04 Å². The molecule has 1 aromatic carbocycles. The van der Waals surface area contributed by atoms with Crippen molar-refractivity contribution in [1.29, 1.82) is 0 Å². The smallest absolute Gasteiger partial charge is 0.331 e. The summed E-state index contributed by atoms with van der Waals surface area (Å²) in [5.74, 6) is -3.88. The Morgan fingerprint density at radius 1 is 1.12 bits per heavy atom. The van der Waals surface area contributed by atoms with Crippen molar-refractivity contribution in [2.24, 2.45) is 0 Å². The molecule has 2 saturated heterocycles. The van der Waals surface area contributed by atoms with Crippen LogP contribution in [-0.4, -0.2) is 84.3 Å². The number of imide groups is 1. The van der Waals surface area contributed by atoms with Crippen molar-refractivity contribution in [3.63, 3.8) is 0 Å². The van der Waals surface area contributed by atoms with Gasteiger partial charge in [-0.1, -0.05) is 30.3 Å². The Kier molecular flexibility index (Phi) is 6.71. The molecular formula is C20H23N5O7. The van der Waals surface area contributed by atoms with Gasteiger partial charge in [0.25, 0.3) is 0 Å². The molecule has 0 aromatic heterocycles. The largest absolute Gasteiger partial charge is 0.467 e.